The van der Waals surface area contributed by atoms with E-state index < -0.39 is 0 Å². The lowest BCUT2D eigenvalue weighted by atomic mass is 9.98. The van der Waals surface area contributed by atoms with E-state index in [1.165, 1.54) is 43.6 Å². The molecule has 0 unspecified atom stereocenters. The van der Waals surface area contributed by atoms with E-state index in [9.17, 15) is 0 Å². The van der Waals surface area contributed by atoms with Crippen molar-refractivity contribution in [2.75, 3.05) is 0 Å². The van der Waals surface area contributed by atoms with Crippen molar-refractivity contribution in [3.05, 3.63) is 78.1 Å². The summed E-state index contributed by atoms with van der Waals surface area (Å²) < 4.78 is 2.24. The number of imidazole rings is 1. The average molecular weight is 347 g/mol. The minimum atomic E-state index is 0.969. The molecule has 0 radical (unpaired) electrons. The molecule has 3 nitrogen and oxygen atoms in total. The predicted molar refractivity (Wildman–Crippen MR) is 112 cm³/mol. The topological polar surface area (TPSA) is 30.2 Å². The second-order valence-corrected chi connectivity index (χ2v) is 7.27. The van der Waals surface area contributed by atoms with Gasteiger partial charge in [0.1, 0.15) is 11.3 Å². The molecule has 0 spiro atoms. The molecule has 0 saturated heterocycles. The predicted octanol–water partition coefficient (Wildman–Crippen LogP) is 5.91. The Balaban J connectivity index is 1.93. The van der Waals surface area contributed by atoms with E-state index in [1.807, 2.05) is 12.4 Å². The van der Waals surface area contributed by atoms with E-state index in [1.54, 1.807) is 0 Å². The summed E-state index contributed by atoms with van der Waals surface area (Å²) >= 11 is 0. The van der Waals surface area contributed by atoms with E-state index in [0.29, 0.717) is 0 Å². The van der Waals surface area contributed by atoms with Gasteiger partial charge in [-0.05, 0) is 41.8 Å². The molecule has 0 aliphatic carbocycles. The molecule has 0 atom stereocenters. The zero-order valence-electron chi connectivity index (χ0n) is 15.2. The maximum atomic E-state index is 4.85. The van der Waals surface area contributed by atoms with Gasteiger partial charge in [-0.25, -0.2) is 9.97 Å². The van der Waals surface area contributed by atoms with Crippen LogP contribution in [0.25, 0.3) is 49.5 Å². The van der Waals surface area contributed by atoms with Gasteiger partial charge in [0.2, 0.25) is 0 Å². The van der Waals surface area contributed by atoms with Crippen LogP contribution in [-0.4, -0.2) is 14.4 Å². The molecular formula is C24H17N3. The van der Waals surface area contributed by atoms with Crippen LogP contribution in [-0.2, 0) is 0 Å². The summed E-state index contributed by atoms with van der Waals surface area (Å²) in [6.07, 6.45) is 3.89. The van der Waals surface area contributed by atoms with Crippen LogP contribution >= 0.6 is 0 Å². The molecule has 0 saturated carbocycles. The van der Waals surface area contributed by atoms with E-state index in [4.69, 9.17) is 9.97 Å². The summed E-state index contributed by atoms with van der Waals surface area (Å²) in [6, 6.07) is 19.4. The lowest BCUT2D eigenvalue weighted by molar-refractivity contribution is 1.19. The van der Waals surface area contributed by atoms with Gasteiger partial charge in [0.15, 0.2) is 0 Å². The first kappa shape index (κ1) is 14.7. The lowest BCUT2D eigenvalue weighted by Gasteiger charge is -2.15. The fourth-order valence-electron chi connectivity index (χ4n) is 4.53. The smallest absolute Gasteiger partial charge is 0.147 e. The number of pyridine rings is 2. The van der Waals surface area contributed by atoms with E-state index in [2.05, 4.69) is 72.8 Å². The van der Waals surface area contributed by atoms with Crippen molar-refractivity contribution in [2.45, 2.75) is 13.8 Å². The van der Waals surface area contributed by atoms with Gasteiger partial charge in [-0.1, -0.05) is 48.5 Å². The van der Waals surface area contributed by atoms with Crippen LogP contribution in [0.2, 0.25) is 0 Å². The number of rotatable bonds is 1. The Kier molecular flexibility index (Phi) is 2.74. The summed E-state index contributed by atoms with van der Waals surface area (Å²) in [5.41, 5.74) is 6.79. The van der Waals surface area contributed by atoms with Crippen molar-refractivity contribution in [1.82, 2.24) is 14.4 Å². The van der Waals surface area contributed by atoms with Gasteiger partial charge < -0.3 is 0 Å². The first-order valence-electron chi connectivity index (χ1n) is 9.19. The quantitative estimate of drug-likeness (QED) is 0.346. The fourth-order valence-corrected chi connectivity index (χ4v) is 4.53. The summed E-state index contributed by atoms with van der Waals surface area (Å²) in [5.74, 6) is 0. The Bertz CT molecular complexity index is 1470. The normalized spacial score (nSPS) is 12.1. The number of hydrogen-bond acceptors (Lipinski definition) is 2. The first-order chi connectivity index (χ1) is 13.2. The number of aryl methyl sites for hydroxylation is 2. The average Bonchev–Trinajstić information content (AvgIpc) is 3.12. The summed E-state index contributed by atoms with van der Waals surface area (Å²) in [6.45, 7) is 4.32. The van der Waals surface area contributed by atoms with Crippen LogP contribution < -0.4 is 0 Å². The van der Waals surface area contributed by atoms with Crippen molar-refractivity contribution in [1.29, 1.82) is 0 Å². The SMILES string of the molecule is Cc1cccc(C)c1-c1cnc2c3cccc4ccc5ccnc(c5c43)n12. The molecule has 0 N–H and O–H groups in total. The number of aromatic nitrogens is 3. The highest BCUT2D eigenvalue weighted by atomic mass is 15.1. The maximum absolute atomic E-state index is 4.85. The molecule has 3 aromatic heterocycles. The molecule has 3 aromatic carbocycles. The molecule has 3 heterocycles. The Hall–Kier alpha value is -3.46. The van der Waals surface area contributed by atoms with Gasteiger partial charge in [-0.2, -0.15) is 0 Å². The monoisotopic (exact) mass is 347 g/mol. The number of fused-ring (bicyclic) bond motifs is 3. The third-order valence-corrected chi connectivity index (χ3v) is 5.70. The van der Waals surface area contributed by atoms with Crippen LogP contribution in [0.15, 0.2) is 67.0 Å². The molecular weight excluding hydrogens is 330 g/mol. The number of benzene rings is 3. The van der Waals surface area contributed by atoms with E-state index >= 15 is 0 Å². The Morgan fingerprint density at radius 1 is 0.704 bits per heavy atom. The largest absolute Gasteiger partial charge is 0.276 e. The summed E-state index contributed by atoms with van der Waals surface area (Å²) in [7, 11) is 0. The standard InChI is InChI=1S/C24H17N3/c1-14-5-3-6-15(2)20(14)19-13-26-23-18-8-4-7-16-9-10-17-11-12-25-24(27(19)23)22(17)21(16)18/h3-13H,1-2H3. The maximum Gasteiger partial charge on any atom is 0.147 e. The highest BCUT2D eigenvalue weighted by molar-refractivity contribution is 6.24. The minimum Gasteiger partial charge on any atom is -0.276 e. The van der Waals surface area contributed by atoms with E-state index in [0.717, 1.165) is 17.0 Å². The number of nitrogens with zero attached hydrogens (tertiary/aromatic N) is 3. The van der Waals surface area contributed by atoms with Gasteiger partial charge in [-0.15, -0.1) is 0 Å². The first-order valence-corrected chi connectivity index (χ1v) is 9.19. The molecule has 0 aliphatic heterocycles. The van der Waals surface area contributed by atoms with Gasteiger partial charge in [0.25, 0.3) is 0 Å². The van der Waals surface area contributed by atoms with Crippen LogP contribution in [0.4, 0.5) is 0 Å². The molecule has 0 bridgehead atoms. The lowest BCUT2D eigenvalue weighted by Crippen LogP contribution is -1.99. The number of hydrogen-bond donors (Lipinski definition) is 0. The molecule has 27 heavy (non-hydrogen) atoms. The van der Waals surface area contributed by atoms with Crippen molar-refractivity contribution >= 4 is 38.2 Å². The van der Waals surface area contributed by atoms with E-state index in [-0.39, 0.29) is 0 Å². The second kappa shape index (κ2) is 5.04. The van der Waals surface area contributed by atoms with Crippen molar-refractivity contribution in [3.63, 3.8) is 0 Å². The molecule has 0 aliphatic rings. The van der Waals surface area contributed by atoms with Gasteiger partial charge in [-0.3, -0.25) is 4.40 Å². The van der Waals surface area contributed by atoms with Crippen molar-refractivity contribution < 1.29 is 0 Å². The third kappa shape index (κ3) is 1.81. The highest BCUT2D eigenvalue weighted by Crippen LogP contribution is 2.38. The minimum absolute atomic E-state index is 0.969. The Morgan fingerprint density at radius 3 is 2.26 bits per heavy atom. The Labute approximate surface area is 156 Å². The Morgan fingerprint density at radius 2 is 1.44 bits per heavy atom. The highest BCUT2D eigenvalue weighted by Gasteiger charge is 2.19. The van der Waals surface area contributed by atoms with Crippen molar-refractivity contribution in [3.8, 4) is 11.3 Å². The summed E-state index contributed by atoms with van der Waals surface area (Å²) in [5, 5.41) is 6.09. The third-order valence-electron chi connectivity index (χ3n) is 5.70. The fraction of sp³-hybridized carbons (Fsp3) is 0.0833. The molecule has 128 valence electrons. The summed E-state index contributed by atoms with van der Waals surface area (Å²) in [4.78, 5) is 9.65. The second-order valence-electron chi connectivity index (χ2n) is 7.27. The van der Waals surface area contributed by atoms with Crippen LogP contribution in [0, 0.1) is 13.8 Å². The van der Waals surface area contributed by atoms with Crippen molar-refractivity contribution in [2.24, 2.45) is 0 Å². The van der Waals surface area contributed by atoms with Crippen LogP contribution in [0.5, 0.6) is 0 Å². The van der Waals surface area contributed by atoms with Gasteiger partial charge >= 0.3 is 0 Å². The zero-order chi connectivity index (χ0) is 18.1. The molecule has 3 heteroatoms. The molecule has 0 amide bonds. The van der Waals surface area contributed by atoms with Crippen LogP contribution in [0.3, 0.4) is 0 Å². The van der Waals surface area contributed by atoms with Crippen LogP contribution in [0.1, 0.15) is 11.1 Å². The van der Waals surface area contributed by atoms with Gasteiger partial charge in [0, 0.05) is 27.9 Å². The van der Waals surface area contributed by atoms with Gasteiger partial charge in [0.05, 0.1) is 11.9 Å². The molecule has 6 aromatic rings. The molecule has 6 rings (SSSR count). The zero-order valence-corrected chi connectivity index (χ0v) is 15.2. The molecule has 0 fully saturated rings.